The molecule has 10 nitrogen and oxygen atoms in total. The van der Waals surface area contributed by atoms with Gasteiger partial charge in [-0.05, 0) is 48.7 Å². The first-order valence-electron chi connectivity index (χ1n) is 9.84. The van der Waals surface area contributed by atoms with Gasteiger partial charge in [-0.15, -0.1) is 0 Å². The molecular formula is C21H27N5O5. The van der Waals surface area contributed by atoms with Gasteiger partial charge in [0.15, 0.2) is 5.75 Å². The number of nitrogens with zero attached hydrogens (tertiary/aromatic N) is 3. The van der Waals surface area contributed by atoms with Crippen molar-refractivity contribution < 1.29 is 23.9 Å². The molecule has 166 valence electrons. The van der Waals surface area contributed by atoms with Gasteiger partial charge in [0.05, 0.1) is 11.3 Å². The highest BCUT2D eigenvalue weighted by Crippen LogP contribution is 2.34. The van der Waals surface area contributed by atoms with E-state index in [1.54, 1.807) is 26.2 Å². The van der Waals surface area contributed by atoms with Crippen molar-refractivity contribution >= 4 is 23.2 Å². The lowest BCUT2D eigenvalue weighted by molar-refractivity contribution is -0.791. The van der Waals surface area contributed by atoms with Crippen molar-refractivity contribution in [2.45, 2.75) is 33.7 Å². The maximum Gasteiger partial charge on any atom is 0.320 e. The normalized spacial score (nSPS) is 12.1. The molecule has 3 aromatic rings. The Morgan fingerprint density at radius 2 is 2.00 bits per heavy atom. The summed E-state index contributed by atoms with van der Waals surface area (Å²) in [6.07, 6.45) is 0. The molecule has 2 aromatic heterocycles. The van der Waals surface area contributed by atoms with Gasteiger partial charge in [0.1, 0.15) is 17.6 Å². The van der Waals surface area contributed by atoms with E-state index in [1.165, 1.54) is 11.0 Å². The van der Waals surface area contributed by atoms with Crippen LogP contribution in [0.2, 0.25) is 0 Å². The van der Waals surface area contributed by atoms with Crippen molar-refractivity contribution in [1.29, 1.82) is 0 Å². The second kappa shape index (κ2) is 8.58. The maximum atomic E-state index is 12.3. The summed E-state index contributed by atoms with van der Waals surface area (Å²) in [6, 6.07) is 6.28. The van der Waals surface area contributed by atoms with Crippen LogP contribution in [0.1, 0.15) is 47.3 Å². The number of para-hydroxylation sites is 1. The van der Waals surface area contributed by atoms with Gasteiger partial charge in [-0.1, -0.05) is 24.8 Å². The van der Waals surface area contributed by atoms with Crippen LogP contribution in [0.4, 0.5) is 17.3 Å². The summed E-state index contributed by atoms with van der Waals surface area (Å²) in [5.74, 6) is 1.01. The van der Waals surface area contributed by atoms with E-state index in [1.807, 2.05) is 33.8 Å². The molecule has 0 spiro atoms. The Balaban J connectivity index is 1.93. The predicted octanol–water partition coefficient (Wildman–Crippen LogP) is 3.48. The smallest absolute Gasteiger partial charge is 0.320 e. The minimum absolute atomic E-state index is 0.0224. The zero-order chi connectivity index (χ0) is 22.9. The first kappa shape index (κ1) is 22.0. The van der Waals surface area contributed by atoms with Gasteiger partial charge >= 0.3 is 11.6 Å². The highest BCUT2D eigenvalue weighted by atomic mass is 16.8. The van der Waals surface area contributed by atoms with E-state index >= 15 is 0 Å². The van der Waals surface area contributed by atoms with Gasteiger partial charge in [-0.2, -0.15) is 0 Å². The van der Waals surface area contributed by atoms with Gasteiger partial charge in [0.25, 0.3) is 5.91 Å². The molecule has 0 fully saturated rings. The number of phenolic OH excluding ortho intramolecular Hbond substituents is 1. The predicted molar refractivity (Wildman–Crippen MR) is 114 cm³/mol. The molecule has 31 heavy (non-hydrogen) atoms. The molecule has 0 saturated carbocycles. The zero-order valence-electron chi connectivity index (χ0n) is 18.4. The van der Waals surface area contributed by atoms with Crippen molar-refractivity contribution in [3.63, 3.8) is 0 Å². The van der Waals surface area contributed by atoms with Crippen LogP contribution in [-0.4, -0.2) is 35.2 Å². The molecule has 0 bridgehead atoms. The van der Waals surface area contributed by atoms with Crippen LogP contribution in [-0.2, 0) is 0 Å². The molecule has 0 aliphatic carbocycles. The summed E-state index contributed by atoms with van der Waals surface area (Å²) in [5.41, 5.74) is 1.33. The Hall–Kier alpha value is -3.69. The largest absolute Gasteiger partial charge is 0.505 e. The summed E-state index contributed by atoms with van der Waals surface area (Å²) in [6.45, 7) is 7.80. The number of amides is 1. The molecule has 3 rings (SSSR count). The number of carbonyl (C=O) groups excluding carboxylic acids is 1. The van der Waals surface area contributed by atoms with E-state index in [2.05, 4.69) is 15.8 Å². The fourth-order valence-electron chi connectivity index (χ4n) is 3.11. The van der Waals surface area contributed by atoms with Crippen LogP contribution >= 0.6 is 0 Å². The number of carbonyl (C=O) groups is 1. The first-order chi connectivity index (χ1) is 14.6. The molecule has 0 radical (unpaired) electrons. The average Bonchev–Trinajstić information content (AvgIpc) is 3.22. The van der Waals surface area contributed by atoms with E-state index in [0.717, 1.165) is 11.3 Å². The monoisotopic (exact) mass is 429 g/mol. The van der Waals surface area contributed by atoms with Crippen molar-refractivity contribution in [2.75, 3.05) is 24.7 Å². The molecule has 1 atom stereocenters. The lowest BCUT2D eigenvalue weighted by atomic mass is 10.0. The molecule has 10 heteroatoms. The summed E-state index contributed by atoms with van der Waals surface area (Å²) in [7, 11) is 3.18. The number of aromatic nitrogens is 2. The minimum atomic E-state index is -0.359. The average molecular weight is 429 g/mol. The van der Waals surface area contributed by atoms with Crippen LogP contribution in [0, 0.1) is 25.0 Å². The molecule has 1 aromatic carbocycles. The Kier molecular flexibility index (Phi) is 6.09. The van der Waals surface area contributed by atoms with Gasteiger partial charge in [0.2, 0.25) is 0 Å². The van der Waals surface area contributed by atoms with E-state index < -0.39 is 0 Å². The number of rotatable bonds is 7. The Bertz CT molecular complexity index is 1070. The minimum Gasteiger partial charge on any atom is -0.505 e. The zero-order valence-corrected chi connectivity index (χ0v) is 18.4. The molecule has 0 aliphatic rings. The third-order valence-corrected chi connectivity index (χ3v) is 4.99. The number of hydrogen-bond acceptors (Lipinski definition) is 8. The summed E-state index contributed by atoms with van der Waals surface area (Å²) in [5, 5.41) is 32.6. The van der Waals surface area contributed by atoms with Gasteiger partial charge < -0.3 is 29.6 Å². The lowest BCUT2D eigenvalue weighted by Gasteiger charge is -2.18. The van der Waals surface area contributed by atoms with Gasteiger partial charge in [0, 0.05) is 14.1 Å². The molecule has 2 heterocycles. The number of nitrogens with one attached hydrogen (secondary N) is 2. The quantitative estimate of drug-likeness (QED) is 0.384. The molecule has 0 unspecified atom stereocenters. The van der Waals surface area contributed by atoms with Crippen molar-refractivity contribution in [3.05, 3.63) is 52.1 Å². The molecule has 1 amide bonds. The Morgan fingerprint density at radius 1 is 1.29 bits per heavy atom. The number of furan rings is 1. The van der Waals surface area contributed by atoms with E-state index in [9.17, 15) is 15.1 Å². The Morgan fingerprint density at radius 3 is 2.58 bits per heavy atom. The van der Waals surface area contributed by atoms with E-state index in [4.69, 9.17) is 9.05 Å². The van der Waals surface area contributed by atoms with Crippen LogP contribution < -0.4 is 15.5 Å². The van der Waals surface area contributed by atoms with Crippen LogP contribution in [0.3, 0.4) is 0 Å². The number of aromatic hydroxyl groups is 1. The number of phenols is 1. The van der Waals surface area contributed by atoms with Crippen molar-refractivity contribution in [2.24, 2.45) is 5.92 Å². The summed E-state index contributed by atoms with van der Waals surface area (Å²) >= 11 is 0. The van der Waals surface area contributed by atoms with Crippen LogP contribution in [0.5, 0.6) is 5.75 Å². The molecule has 0 aliphatic heterocycles. The first-order valence-corrected chi connectivity index (χ1v) is 9.84. The van der Waals surface area contributed by atoms with E-state index in [0.29, 0.717) is 5.76 Å². The van der Waals surface area contributed by atoms with E-state index in [-0.39, 0.29) is 51.4 Å². The SMILES string of the molecule is Cc1cc([C@H](Nc2c(Nc3cccc(C(=O)N(C)C)c3O)no[n+]2[O-])C(C)C)oc1C. The summed E-state index contributed by atoms with van der Waals surface area (Å²) < 4.78 is 10.6. The maximum absolute atomic E-state index is 12.3. The lowest BCUT2D eigenvalue weighted by Crippen LogP contribution is -2.30. The standard InChI is InChI=1S/C21H27N5O5/c1-11(2)17(16-10-12(3)13(4)30-16)23-20-19(24-31-26(20)29)22-15-9-7-8-14(18(15)27)21(28)25(5)6/h7-11,17,23,27H,1-6H3,(H,22,24)/t17-/m1/s1. The summed E-state index contributed by atoms with van der Waals surface area (Å²) in [4.78, 5) is 13.9. The van der Waals surface area contributed by atoms with Crippen molar-refractivity contribution in [3.8, 4) is 5.75 Å². The van der Waals surface area contributed by atoms with Gasteiger partial charge in [-0.25, -0.2) is 0 Å². The number of aryl methyl sites for hydroxylation is 2. The Labute approximate surface area is 180 Å². The number of benzene rings is 1. The van der Waals surface area contributed by atoms with Gasteiger partial charge in [-0.3, -0.25) is 10.1 Å². The topological polar surface area (TPSA) is 131 Å². The number of anilines is 3. The molecule has 3 N–H and O–H groups in total. The molecular weight excluding hydrogens is 402 g/mol. The second-order valence-corrected chi connectivity index (χ2v) is 7.91. The van der Waals surface area contributed by atoms with Crippen LogP contribution in [0.15, 0.2) is 33.3 Å². The van der Waals surface area contributed by atoms with Crippen molar-refractivity contribution in [1.82, 2.24) is 10.1 Å². The highest BCUT2D eigenvalue weighted by molar-refractivity contribution is 5.98. The third-order valence-electron chi connectivity index (χ3n) is 4.99. The van der Waals surface area contributed by atoms with Crippen LogP contribution in [0.25, 0.3) is 0 Å². The fourth-order valence-corrected chi connectivity index (χ4v) is 3.11. The second-order valence-electron chi connectivity index (χ2n) is 7.91. The third kappa shape index (κ3) is 4.42. The fraction of sp³-hybridized carbons (Fsp3) is 0.381. The highest BCUT2D eigenvalue weighted by Gasteiger charge is 2.29. The number of hydrogen-bond donors (Lipinski definition) is 3. The molecule has 0 saturated heterocycles.